The van der Waals surface area contributed by atoms with Crippen molar-refractivity contribution in [3.05, 3.63) is 39.8 Å². The Labute approximate surface area is 81.6 Å². The average Bonchev–Trinajstić information content (AvgIpc) is 2.25. The number of hydrogen-bond donors (Lipinski definition) is 1. The summed E-state index contributed by atoms with van der Waals surface area (Å²) < 4.78 is 5.08. The van der Waals surface area contributed by atoms with Gasteiger partial charge in [0.15, 0.2) is 0 Å². The molecule has 74 valence electrons. The Kier molecular flexibility index (Phi) is 3.79. The van der Waals surface area contributed by atoms with Crippen molar-refractivity contribution in [3.8, 4) is 5.75 Å². The van der Waals surface area contributed by atoms with Gasteiger partial charge in [-0.15, -0.1) is 0 Å². The molecule has 0 radical (unpaired) electrons. The number of aliphatic hydroxyl groups is 1. The lowest BCUT2D eigenvalue weighted by molar-refractivity contribution is 0.281. The molecule has 0 unspecified atom stereocenters. The molecule has 0 saturated carbocycles. The SMILES string of the molecule is COc1ccc(CO)cc1CN=[N+]=[N-]. The molecule has 1 N–H and O–H groups in total. The average molecular weight is 193 g/mol. The third-order valence-electron chi connectivity index (χ3n) is 1.83. The van der Waals surface area contributed by atoms with Gasteiger partial charge in [-0.2, -0.15) is 0 Å². The number of hydrogen-bond acceptors (Lipinski definition) is 3. The van der Waals surface area contributed by atoms with Gasteiger partial charge in [0.2, 0.25) is 0 Å². The van der Waals surface area contributed by atoms with Gasteiger partial charge in [0.05, 0.1) is 20.3 Å². The number of ether oxygens (including phenoxy) is 1. The normalized spacial score (nSPS) is 9.29. The lowest BCUT2D eigenvalue weighted by atomic mass is 10.1. The van der Waals surface area contributed by atoms with Crippen molar-refractivity contribution in [1.29, 1.82) is 0 Å². The van der Waals surface area contributed by atoms with Crippen molar-refractivity contribution in [2.75, 3.05) is 7.11 Å². The molecule has 14 heavy (non-hydrogen) atoms. The van der Waals surface area contributed by atoms with E-state index in [9.17, 15) is 0 Å². The first-order chi connectivity index (χ1) is 6.81. The molecule has 0 bridgehead atoms. The van der Waals surface area contributed by atoms with Crippen molar-refractivity contribution in [2.24, 2.45) is 5.11 Å². The molecule has 0 aromatic heterocycles. The van der Waals surface area contributed by atoms with Crippen molar-refractivity contribution in [1.82, 2.24) is 0 Å². The highest BCUT2D eigenvalue weighted by Gasteiger charge is 2.02. The number of benzene rings is 1. The molecule has 5 heteroatoms. The Morgan fingerprint density at radius 1 is 1.57 bits per heavy atom. The van der Waals surface area contributed by atoms with Gasteiger partial charge in [-0.25, -0.2) is 0 Å². The lowest BCUT2D eigenvalue weighted by Crippen LogP contribution is -1.93. The Morgan fingerprint density at radius 2 is 2.36 bits per heavy atom. The van der Waals surface area contributed by atoms with Crippen LogP contribution in [0.5, 0.6) is 5.75 Å². The third kappa shape index (κ3) is 2.39. The molecule has 0 aliphatic carbocycles. The predicted molar refractivity (Wildman–Crippen MR) is 51.8 cm³/mol. The second-order valence-electron chi connectivity index (χ2n) is 2.69. The molecular weight excluding hydrogens is 182 g/mol. The summed E-state index contributed by atoms with van der Waals surface area (Å²) >= 11 is 0. The highest BCUT2D eigenvalue weighted by molar-refractivity contribution is 5.37. The van der Waals surface area contributed by atoms with Crippen LogP contribution < -0.4 is 4.74 Å². The Morgan fingerprint density at radius 3 is 2.93 bits per heavy atom. The van der Waals surface area contributed by atoms with Crippen LogP contribution in [0.1, 0.15) is 11.1 Å². The fraction of sp³-hybridized carbons (Fsp3) is 0.333. The number of aliphatic hydroxyl groups excluding tert-OH is 1. The molecule has 0 fully saturated rings. The summed E-state index contributed by atoms with van der Waals surface area (Å²) in [5.41, 5.74) is 9.73. The van der Waals surface area contributed by atoms with Gasteiger partial charge >= 0.3 is 0 Å². The quantitative estimate of drug-likeness (QED) is 0.451. The number of azide groups is 1. The summed E-state index contributed by atoms with van der Waals surface area (Å²) in [7, 11) is 1.55. The van der Waals surface area contributed by atoms with E-state index in [1.807, 2.05) is 0 Å². The monoisotopic (exact) mass is 193 g/mol. The van der Waals surface area contributed by atoms with E-state index >= 15 is 0 Å². The van der Waals surface area contributed by atoms with Crippen LogP contribution in [0.2, 0.25) is 0 Å². The van der Waals surface area contributed by atoms with E-state index in [0.717, 1.165) is 11.1 Å². The van der Waals surface area contributed by atoms with Crippen LogP contribution >= 0.6 is 0 Å². The molecular formula is C9H11N3O2. The van der Waals surface area contributed by atoms with E-state index in [2.05, 4.69) is 10.0 Å². The minimum absolute atomic E-state index is 0.0345. The largest absolute Gasteiger partial charge is 0.496 e. The number of methoxy groups -OCH3 is 1. The van der Waals surface area contributed by atoms with Crippen molar-refractivity contribution in [2.45, 2.75) is 13.2 Å². The van der Waals surface area contributed by atoms with Crippen LogP contribution in [-0.4, -0.2) is 12.2 Å². The topological polar surface area (TPSA) is 78.2 Å². The highest BCUT2D eigenvalue weighted by Crippen LogP contribution is 2.20. The summed E-state index contributed by atoms with van der Waals surface area (Å²) in [6.45, 7) is 0.195. The minimum Gasteiger partial charge on any atom is -0.496 e. The maximum absolute atomic E-state index is 8.91. The number of nitrogens with zero attached hydrogens (tertiary/aromatic N) is 3. The third-order valence-corrected chi connectivity index (χ3v) is 1.83. The Balaban J connectivity index is 3.01. The van der Waals surface area contributed by atoms with E-state index in [1.165, 1.54) is 0 Å². The van der Waals surface area contributed by atoms with Gasteiger partial charge in [0.1, 0.15) is 5.75 Å². The second-order valence-corrected chi connectivity index (χ2v) is 2.69. The highest BCUT2D eigenvalue weighted by atomic mass is 16.5. The zero-order valence-electron chi connectivity index (χ0n) is 7.84. The minimum atomic E-state index is -0.0345. The zero-order chi connectivity index (χ0) is 10.4. The molecule has 0 heterocycles. The van der Waals surface area contributed by atoms with Crippen LogP contribution in [0.25, 0.3) is 10.4 Å². The molecule has 1 rings (SSSR count). The summed E-state index contributed by atoms with van der Waals surface area (Å²) in [4.78, 5) is 2.67. The molecule has 0 saturated heterocycles. The summed E-state index contributed by atoms with van der Waals surface area (Å²) in [5, 5.41) is 12.4. The maximum Gasteiger partial charge on any atom is 0.122 e. The molecule has 5 nitrogen and oxygen atoms in total. The van der Waals surface area contributed by atoms with E-state index in [-0.39, 0.29) is 13.2 Å². The van der Waals surface area contributed by atoms with Crippen LogP contribution in [0.3, 0.4) is 0 Å². The van der Waals surface area contributed by atoms with Crippen molar-refractivity contribution < 1.29 is 9.84 Å². The van der Waals surface area contributed by atoms with E-state index in [0.29, 0.717) is 5.75 Å². The molecule has 0 aliphatic heterocycles. The summed E-state index contributed by atoms with van der Waals surface area (Å²) in [6, 6.07) is 5.26. The van der Waals surface area contributed by atoms with Gasteiger partial charge in [0.25, 0.3) is 0 Å². The van der Waals surface area contributed by atoms with E-state index < -0.39 is 0 Å². The van der Waals surface area contributed by atoms with Gasteiger partial charge in [-0.05, 0) is 23.2 Å². The van der Waals surface area contributed by atoms with E-state index in [4.69, 9.17) is 15.4 Å². The Bertz CT molecular complexity index is 359. The zero-order valence-corrected chi connectivity index (χ0v) is 7.84. The smallest absolute Gasteiger partial charge is 0.122 e. The van der Waals surface area contributed by atoms with Crippen LogP contribution in [0.15, 0.2) is 23.3 Å². The van der Waals surface area contributed by atoms with E-state index in [1.54, 1.807) is 25.3 Å². The van der Waals surface area contributed by atoms with Gasteiger partial charge < -0.3 is 9.84 Å². The van der Waals surface area contributed by atoms with Crippen molar-refractivity contribution >= 4 is 0 Å². The van der Waals surface area contributed by atoms with Gasteiger partial charge in [0, 0.05) is 10.5 Å². The first kappa shape index (κ1) is 10.4. The fourth-order valence-electron chi connectivity index (χ4n) is 1.16. The first-order valence-corrected chi connectivity index (χ1v) is 4.09. The summed E-state index contributed by atoms with van der Waals surface area (Å²) in [5.74, 6) is 0.662. The standard InChI is InChI=1S/C9H11N3O2/c1-14-9-3-2-7(6-13)4-8(9)5-11-12-10/h2-4,13H,5-6H2,1H3. The summed E-state index contributed by atoms with van der Waals surface area (Å²) in [6.07, 6.45) is 0. The molecule has 0 amide bonds. The van der Waals surface area contributed by atoms with Gasteiger partial charge in [-0.1, -0.05) is 11.2 Å². The first-order valence-electron chi connectivity index (χ1n) is 4.09. The fourth-order valence-corrected chi connectivity index (χ4v) is 1.16. The van der Waals surface area contributed by atoms with Crippen LogP contribution in [-0.2, 0) is 13.2 Å². The van der Waals surface area contributed by atoms with Gasteiger partial charge in [-0.3, -0.25) is 0 Å². The van der Waals surface area contributed by atoms with Crippen LogP contribution in [0.4, 0.5) is 0 Å². The number of rotatable bonds is 4. The molecule has 1 aromatic carbocycles. The molecule has 0 spiro atoms. The van der Waals surface area contributed by atoms with Crippen molar-refractivity contribution in [3.63, 3.8) is 0 Å². The molecule has 0 atom stereocenters. The van der Waals surface area contributed by atoms with Crippen LogP contribution in [0, 0.1) is 0 Å². The Hall–Kier alpha value is -1.71. The lowest BCUT2D eigenvalue weighted by Gasteiger charge is -2.07. The molecule has 0 aliphatic rings. The molecule has 1 aromatic rings. The predicted octanol–water partition coefficient (Wildman–Crippen LogP) is 2.00. The maximum atomic E-state index is 8.91. The second kappa shape index (κ2) is 5.11.